The molecule has 0 N–H and O–H groups in total. The van der Waals surface area contributed by atoms with Crippen molar-refractivity contribution >= 4 is 18.6 Å². The van der Waals surface area contributed by atoms with Gasteiger partial charge in [0, 0.05) is 0 Å². The van der Waals surface area contributed by atoms with Crippen LogP contribution >= 0.6 is 7.82 Å². The summed E-state index contributed by atoms with van der Waals surface area (Å²) in [6.45, 7) is 0. The topological polar surface area (TPSA) is 86.2 Å². The van der Waals surface area contributed by atoms with Crippen LogP contribution in [0.25, 0.3) is 10.8 Å². The predicted octanol–water partition coefficient (Wildman–Crippen LogP) is -8.97. The minimum Gasteiger partial charge on any atom is -0.822 e. The zero-order valence-electron chi connectivity index (χ0n) is 10.7. The zero-order valence-corrected chi connectivity index (χ0v) is 17.6. The van der Waals surface area contributed by atoms with Crippen LogP contribution in [-0.2, 0) is 4.57 Å². The maximum atomic E-state index is 8.55. The van der Waals surface area contributed by atoms with Gasteiger partial charge in [0.05, 0.1) is 0 Å². The van der Waals surface area contributed by atoms with Crippen LogP contribution in [0, 0.1) is 0 Å². The first kappa shape index (κ1) is 24.8. The van der Waals surface area contributed by atoms with E-state index in [9.17, 15) is 0 Å². The van der Waals surface area contributed by atoms with Crippen molar-refractivity contribution in [1.29, 1.82) is 0 Å². The fraction of sp³-hybridized carbons (Fsp3) is 0. The molecular formula is C10H8Na3O4P. The zero-order chi connectivity index (χ0) is 11.3. The SMILES string of the molecule is O=P([O-])([O-])[O-].[Na+].[Na+].[Na+].c1ccc2ccccc2c1. The van der Waals surface area contributed by atoms with Crippen molar-refractivity contribution in [1.82, 2.24) is 0 Å². The molecule has 4 nitrogen and oxygen atoms in total. The summed E-state index contributed by atoms with van der Waals surface area (Å²) in [4.78, 5) is 25.6. The van der Waals surface area contributed by atoms with Gasteiger partial charge in [-0.1, -0.05) is 48.5 Å². The molecule has 0 radical (unpaired) electrons. The molecule has 0 amide bonds. The van der Waals surface area contributed by atoms with Crippen LogP contribution in [0.4, 0.5) is 0 Å². The molecule has 8 heteroatoms. The fourth-order valence-electron chi connectivity index (χ4n) is 1.13. The Morgan fingerprint density at radius 1 is 0.667 bits per heavy atom. The van der Waals surface area contributed by atoms with Crippen molar-refractivity contribution in [3.05, 3.63) is 48.5 Å². The third-order valence-electron chi connectivity index (χ3n) is 1.66. The van der Waals surface area contributed by atoms with Crippen LogP contribution in [-0.4, -0.2) is 0 Å². The van der Waals surface area contributed by atoms with Crippen molar-refractivity contribution in [3.8, 4) is 0 Å². The van der Waals surface area contributed by atoms with Gasteiger partial charge in [0.15, 0.2) is 0 Å². The minimum atomic E-state index is -5.39. The summed E-state index contributed by atoms with van der Waals surface area (Å²) in [5, 5.41) is 2.62. The molecule has 0 saturated heterocycles. The molecule has 0 atom stereocenters. The van der Waals surface area contributed by atoms with Gasteiger partial charge in [-0.2, -0.15) is 7.82 Å². The van der Waals surface area contributed by atoms with Gasteiger partial charge in [0.2, 0.25) is 0 Å². The van der Waals surface area contributed by atoms with E-state index in [4.69, 9.17) is 19.2 Å². The number of benzene rings is 2. The van der Waals surface area contributed by atoms with E-state index < -0.39 is 7.82 Å². The second kappa shape index (κ2) is 12.5. The summed E-state index contributed by atoms with van der Waals surface area (Å²) in [6, 6.07) is 16.7. The average molecular weight is 292 g/mol. The van der Waals surface area contributed by atoms with E-state index in [1.54, 1.807) is 0 Å². The molecule has 0 heterocycles. The first-order chi connectivity index (χ1) is 6.97. The number of hydrogen-bond donors (Lipinski definition) is 0. The monoisotopic (exact) mass is 292 g/mol. The molecule has 0 aliphatic carbocycles. The Morgan fingerprint density at radius 2 is 0.833 bits per heavy atom. The van der Waals surface area contributed by atoms with Gasteiger partial charge in [0.1, 0.15) is 0 Å². The number of fused-ring (bicyclic) bond motifs is 1. The second-order valence-corrected chi connectivity index (χ2v) is 3.69. The summed E-state index contributed by atoms with van der Waals surface area (Å²) < 4.78 is 8.55. The van der Waals surface area contributed by atoms with E-state index in [2.05, 4.69) is 48.5 Å². The van der Waals surface area contributed by atoms with Gasteiger partial charge in [-0.05, 0) is 10.8 Å². The Kier molecular flexibility index (Phi) is 17.3. The third kappa shape index (κ3) is 12.8. The van der Waals surface area contributed by atoms with Crippen LogP contribution < -0.4 is 103 Å². The Bertz CT molecular complexity index is 416. The third-order valence-corrected chi connectivity index (χ3v) is 1.66. The normalized spacial score (nSPS) is 8.83. The van der Waals surface area contributed by atoms with Gasteiger partial charge in [-0.15, -0.1) is 0 Å². The van der Waals surface area contributed by atoms with Crippen molar-refractivity contribution in [3.63, 3.8) is 0 Å². The molecule has 0 bridgehead atoms. The largest absolute Gasteiger partial charge is 1.00 e. The van der Waals surface area contributed by atoms with Gasteiger partial charge < -0.3 is 19.2 Å². The number of rotatable bonds is 0. The van der Waals surface area contributed by atoms with E-state index in [1.165, 1.54) is 10.8 Å². The molecule has 2 aromatic rings. The van der Waals surface area contributed by atoms with Crippen molar-refractivity contribution in [2.75, 3.05) is 0 Å². The van der Waals surface area contributed by atoms with Crippen LogP contribution in [0.2, 0.25) is 0 Å². The van der Waals surface area contributed by atoms with Crippen LogP contribution in [0.15, 0.2) is 48.5 Å². The van der Waals surface area contributed by atoms with E-state index in [0.717, 1.165) is 0 Å². The van der Waals surface area contributed by atoms with Crippen molar-refractivity contribution < 1.29 is 108 Å². The molecule has 0 fully saturated rings. The first-order valence-electron chi connectivity index (χ1n) is 4.13. The molecule has 0 saturated carbocycles. The van der Waals surface area contributed by atoms with E-state index in [1.807, 2.05) is 0 Å². The molecule has 18 heavy (non-hydrogen) atoms. The molecule has 2 aromatic carbocycles. The van der Waals surface area contributed by atoms with Gasteiger partial charge in [-0.25, -0.2) is 0 Å². The Labute approximate surface area is 172 Å². The maximum Gasteiger partial charge on any atom is 1.00 e. The fourth-order valence-corrected chi connectivity index (χ4v) is 1.13. The molecule has 0 aliphatic heterocycles. The molecule has 0 spiro atoms. The van der Waals surface area contributed by atoms with Gasteiger partial charge in [0.25, 0.3) is 0 Å². The number of hydrogen-bond acceptors (Lipinski definition) is 4. The summed E-state index contributed by atoms with van der Waals surface area (Å²) in [5.41, 5.74) is 0. The van der Waals surface area contributed by atoms with E-state index in [0.29, 0.717) is 0 Å². The molecular weight excluding hydrogens is 284 g/mol. The summed E-state index contributed by atoms with van der Waals surface area (Å²) in [5.74, 6) is 0. The summed E-state index contributed by atoms with van der Waals surface area (Å²) in [6.07, 6.45) is 0. The quantitative estimate of drug-likeness (QED) is 0.356. The Hall–Kier alpha value is 1.81. The number of phosphoric acid groups is 1. The smallest absolute Gasteiger partial charge is 0.822 e. The summed E-state index contributed by atoms with van der Waals surface area (Å²) in [7, 11) is -5.39. The Morgan fingerprint density at radius 3 is 1.00 bits per heavy atom. The van der Waals surface area contributed by atoms with E-state index in [-0.39, 0.29) is 88.7 Å². The van der Waals surface area contributed by atoms with Gasteiger partial charge in [-0.3, -0.25) is 0 Å². The van der Waals surface area contributed by atoms with Crippen LogP contribution in [0.5, 0.6) is 0 Å². The summed E-state index contributed by atoms with van der Waals surface area (Å²) >= 11 is 0. The standard InChI is InChI=1S/C10H8.3Na.H3O4P/c1-2-6-10-8-4-3-7-9(10)5-1;;;;1-5(2,3)4/h1-8H;;;;(H3,1,2,3,4)/q;3*+1;/p-3. The molecule has 0 aliphatic rings. The van der Waals surface area contributed by atoms with Crippen molar-refractivity contribution in [2.45, 2.75) is 0 Å². The maximum absolute atomic E-state index is 8.55. The molecule has 2 rings (SSSR count). The average Bonchev–Trinajstić information content (AvgIpc) is 2.16. The molecule has 80 valence electrons. The van der Waals surface area contributed by atoms with Gasteiger partial charge >= 0.3 is 88.7 Å². The Balaban J connectivity index is -0.000000252. The van der Waals surface area contributed by atoms with Crippen LogP contribution in [0.1, 0.15) is 0 Å². The molecule has 0 unspecified atom stereocenters. The predicted molar refractivity (Wildman–Crippen MR) is 51.6 cm³/mol. The second-order valence-electron chi connectivity index (χ2n) is 2.79. The minimum absolute atomic E-state index is 0. The first-order valence-corrected chi connectivity index (χ1v) is 5.60. The van der Waals surface area contributed by atoms with Crippen molar-refractivity contribution in [2.24, 2.45) is 0 Å². The molecule has 0 aromatic heterocycles. The van der Waals surface area contributed by atoms with E-state index >= 15 is 0 Å². The van der Waals surface area contributed by atoms with Crippen LogP contribution in [0.3, 0.4) is 0 Å².